The summed E-state index contributed by atoms with van der Waals surface area (Å²) in [7, 11) is 0. The molecular formula is C26H47N5O8. The van der Waals surface area contributed by atoms with E-state index in [9.17, 15) is 20.1 Å². The number of allylic oxidation sites excluding steroid dienone is 1. The molecule has 4 aliphatic rings. The van der Waals surface area contributed by atoms with Crippen molar-refractivity contribution >= 4 is 5.91 Å². The highest BCUT2D eigenvalue weighted by Gasteiger charge is 2.48. The first-order valence-corrected chi connectivity index (χ1v) is 14.2. The highest BCUT2D eigenvalue weighted by molar-refractivity contribution is 5.76. The average Bonchev–Trinajstić information content (AvgIpc) is 2.87. The molecule has 3 aliphatic heterocycles. The lowest BCUT2D eigenvalue weighted by molar-refractivity contribution is -0.282. The number of carbonyl (C=O) groups excluding carboxylic acids is 1. The van der Waals surface area contributed by atoms with Crippen LogP contribution >= 0.6 is 0 Å². The molecule has 39 heavy (non-hydrogen) atoms. The van der Waals surface area contributed by atoms with Gasteiger partial charge in [0.25, 0.3) is 0 Å². The Kier molecular flexibility index (Phi) is 11.0. The van der Waals surface area contributed by atoms with Crippen LogP contribution in [0.25, 0.3) is 0 Å². The molecule has 3 heterocycles. The molecule has 224 valence electrons. The fourth-order valence-electron chi connectivity index (χ4n) is 5.56. The maximum Gasteiger partial charge on any atom is 0.221 e. The van der Waals surface area contributed by atoms with E-state index in [1.807, 2.05) is 13.0 Å². The van der Waals surface area contributed by atoms with Crippen molar-refractivity contribution in [3.63, 3.8) is 0 Å². The first-order chi connectivity index (χ1) is 18.7. The lowest BCUT2D eigenvalue weighted by Gasteiger charge is -2.46. The topological polar surface area (TPSA) is 203 Å². The van der Waals surface area contributed by atoms with E-state index < -0.39 is 54.7 Å². The van der Waals surface area contributed by atoms with Gasteiger partial charge in [0, 0.05) is 38.5 Å². The monoisotopic (exact) mass is 557 g/mol. The number of nitrogens with two attached hydrogens (primary N) is 2. The van der Waals surface area contributed by atoms with Crippen molar-refractivity contribution in [2.45, 2.75) is 100 Å². The zero-order valence-corrected chi connectivity index (χ0v) is 22.8. The number of aliphatic hydroxyl groups excluding tert-OH is 2. The number of aliphatic hydroxyl groups is 3. The van der Waals surface area contributed by atoms with E-state index in [1.165, 1.54) is 0 Å². The van der Waals surface area contributed by atoms with Gasteiger partial charge < -0.3 is 61.7 Å². The van der Waals surface area contributed by atoms with Gasteiger partial charge in [0.2, 0.25) is 5.91 Å². The maximum absolute atomic E-state index is 12.4. The van der Waals surface area contributed by atoms with Gasteiger partial charge in [0.1, 0.15) is 30.2 Å². The standard InChI is InChI=1S/C26H47N5O8/c1-15-9-19(32)25(36-12-15)39-24-18(31-20(33)5-7-27)10-17(28)23(22(24)34)38-21-4-2-3-16(37-21)11-29-8-6-26(35)13-30-14-26/h3,15,17-19,21-25,29-30,32,34-35H,2,4-14,27-28H2,1H3,(H,31,33)/t15-,17-,18+,19+,21+,22-,23+,24-,25+/m0/s1. The fourth-order valence-corrected chi connectivity index (χ4v) is 5.56. The molecule has 0 spiro atoms. The summed E-state index contributed by atoms with van der Waals surface area (Å²) in [4.78, 5) is 12.4. The van der Waals surface area contributed by atoms with Gasteiger partial charge in [-0.1, -0.05) is 6.92 Å². The van der Waals surface area contributed by atoms with E-state index in [4.69, 9.17) is 30.4 Å². The van der Waals surface area contributed by atoms with Gasteiger partial charge in [-0.15, -0.1) is 0 Å². The Labute approximate surface area is 229 Å². The van der Waals surface area contributed by atoms with Crippen molar-refractivity contribution in [1.29, 1.82) is 0 Å². The molecule has 0 aromatic rings. The van der Waals surface area contributed by atoms with E-state index in [0.717, 1.165) is 12.2 Å². The molecule has 0 bridgehead atoms. The van der Waals surface area contributed by atoms with Gasteiger partial charge >= 0.3 is 0 Å². The minimum atomic E-state index is -1.21. The largest absolute Gasteiger partial charge is 0.468 e. The number of carbonyl (C=O) groups is 1. The van der Waals surface area contributed by atoms with E-state index in [2.05, 4.69) is 16.0 Å². The van der Waals surface area contributed by atoms with E-state index in [1.54, 1.807) is 0 Å². The van der Waals surface area contributed by atoms with Crippen molar-refractivity contribution in [2.24, 2.45) is 17.4 Å². The summed E-state index contributed by atoms with van der Waals surface area (Å²) < 4.78 is 24.1. The molecule has 1 saturated carbocycles. The third-order valence-corrected chi connectivity index (χ3v) is 7.87. The lowest BCUT2D eigenvalue weighted by Crippen LogP contribution is -2.66. The number of hydrogen-bond donors (Lipinski definition) is 8. The van der Waals surface area contributed by atoms with Gasteiger partial charge in [-0.25, -0.2) is 0 Å². The lowest BCUT2D eigenvalue weighted by atomic mass is 9.83. The highest BCUT2D eigenvalue weighted by Crippen LogP contribution is 2.31. The summed E-state index contributed by atoms with van der Waals surface area (Å²) in [5.41, 5.74) is 11.3. The van der Waals surface area contributed by atoms with Crippen molar-refractivity contribution in [2.75, 3.05) is 39.3 Å². The Morgan fingerprint density at radius 2 is 2.05 bits per heavy atom. The first-order valence-electron chi connectivity index (χ1n) is 14.2. The van der Waals surface area contributed by atoms with Gasteiger partial charge in [0.05, 0.1) is 24.8 Å². The average molecular weight is 558 g/mol. The molecule has 10 N–H and O–H groups in total. The predicted molar refractivity (Wildman–Crippen MR) is 141 cm³/mol. The van der Waals surface area contributed by atoms with Gasteiger partial charge in [-0.3, -0.25) is 4.79 Å². The maximum atomic E-state index is 12.4. The van der Waals surface area contributed by atoms with E-state index in [0.29, 0.717) is 52.0 Å². The molecule has 0 aromatic carbocycles. The second-order valence-electron chi connectivity index (χ2n) is 11.5. The Morgan fingerprint density at radius 1 is 1.26 bits per heavy atom. The SMILES string of the molecule is C[C@@H]1CO[C@H](O[C@@H]2[C@@H](O)[C@H](O[C@@H]3CCC=C(CNCCC4(O)CNC4)O3)[C@@H](N)C[C@H]2NC(=O)CCN)[C@H](O)C1. The van der Waals surface area contributed by atoms with Crippen molar-refractivity contribution in [3.8, 4) is 0 Å². The summed E-state index contributed by atoms with van der Waals surface area (Å²) in [5, 5.41) is 41.4. The van der Waals surface area contributed by atoms with Crippen LogP contribution in [0.15, 0.2) is 11.8 Å². The molecular weight excluding hydrogens is 510 g/mol. The smallest absolute Gasteiger partial charge is 0.221 e. The summed E-state index contributed by atoms with van der Waals surface area (Å²) in [6.07, 6.45) is -0.455. The number of hydrogen-bond acceptors (Lipinski definition) is 12. The Balaban J connectivity index is 1.34. The van der Waals surface area contributed by atoms with Crippen LogP contribution in [0.2, 0.25) is 0 Å². The molecule has 0 aromatic heterocycles. The summed E-state index contributed by atoms with van der Waals surface area (Å²) >= 11 is 0. The molecule has 3 fully saturated rings. The van der Waals surface area contributed by atoms with Crippen LogP contribution in [-0.2, 0) is 23.7 Å². The molecule has 13 nitrogen and oxygen atoms in total. The van der Waals surface area contributed by atoms with Crippen molar-refractivity contribution < 1.29 is 39.1 Å². The Hall–Kier alpha value is -1.39. The minimum absolute atomic E-state index is 0.129. The predicted octanol–water partition coefficient (Wildman–Crippen LogP) is -2.24. The van der Waals surface area contributed by atoms with Crippen LogP contribution in [0.3, 0.4) is 0 Å². The Bertz CT molecular complexity index is 830. The third kappa shape index (κ3) is 8.32. The van der Waals surface area contributed by atoms with E-state index >= 15 is 0 Å². The Morgan fingerprint density at radius 3 is 2.74 bits per heavy atom. The minimum Gasteiger partial charge on any atom is -0.468 e. The normalized spacial score (nSPS) is 38.3. The van der Waals surface area contributed by atoms with Gasteiger partial charge in [-0.05, 0) is 44.2 Å². The van der Waals surface area contributed by atoms with Crippen LogP contribution in [0.4, 0.5) is 0 Å². The van der Waals surface area contributed by atoms with Crippen molar-refractivity contribution in [1.82, 2.24) is 16.0 Å². The summed E-state index contributed by atoms with van der Waals surface area (Å²) in [5.74, 6) is 0.643. The van der Waals surface area contributed by atoms with Crippen LogP contribution in [0.5, 0.6) is 0 Å². The number of nitrogens with one attached hydrogen (secondary N) is 3. The summed E-state index contributed by atoms with van der Waals surface area (Å²) in [6.45, 7) is 4.96. The van der Waals surface area contributed by atoms with Crippen LogP contribution in [-0.4, -0.2) is 115 Å². The number of β-amino-alcohol motifs (C(OH)–C–C–N with tert-alkyl or cyclic N) is 1. The second kappa shape index (κ2) is 14.0. The zero-order valence-electron chi connectivity index (χ0n) is 22.8. The molecule has 13 heteroatoms. The second-order valence-corrected chi connectivity index (χ2v) is 11.5. The van der Waals surface area contributed by atoms with Crippen LogP contribution in [0, 0.1) is 5.92 Å². The quantitative estimate of drug-likeness (QED) is 0.120. The van der Waals surface area contributed by atoms with Gasteiger partial charge in [-0.2, -0.15) is 0 Å². The first kappa shape index (κ1) is 30.6. The van der Waals surface area contributed by atoms with Crippen LogP contribution < -0.4 is 27.4 Å². The molecule has 0 unspecified atom stereocenters. The molecule has 9 atom stereocenters. The third-order valence-electron chi connectivity index (χ3n) is 7.87. The zero-order chi connectivity index (χ0) is 28.0. The molecule has 0 radical (unpaired) electrons. The molecule has 1 amide bonds. The number of ether oxygens (including phenoxy) is 4. The van der Waals surface area contributed by atoms with Crippen molar-refractivity contribution in [3.05, 3.63) is 11.8 Å². The number of rotatable bonds is 12. The molecule has 2 saturated heterocycles. The van der Waals surface area contributed by atoms with Gasteiger partial charge in [0.15, 0.2) is 12.6 Å². The fraction of sp³-hybridized carbons (Fsp3) is 0.885. The number of amides is 1. The highest BCUT2D eigenvalue weighted by atomic mass is 16.7. The van der Waals surface area contributed by atoms with Crippen LogP contribution in [0.1, 0.15) is 45.4 Å². The molecule has 1 aliphatic carbocycles. The molecule has 4 rings (SSSR count). The van der Waals surface area contributed by atoms with E-state index in [-0.39, 0.29) is 31.2 Å². The summed E-state index contributed by atoms with van der Waals surface area (Å²) in [6, 6.07) is -1.22.